The molecule has 40 atom stereocenters. The first kappa shape index (κ1) is 79.5. The predicted molar refractivity (Wildman–Crippen MR) is 337 cm³/mol. The molecule has 34 heteroatoms. The van der Waals surface area contributed by atoms with Crippen molar-refractivity contribution in [2.24, 2.45) is 50.2 Å². The van der Waals surface area contributed by atoms with Crippen LogP contribution in [-0.2, 0) is 71.1 Å². The van der Waals surface area contributed by atoms with Crippen molar-refractivity contribution in [2.45, 2.75) is 316 Å². The van der Waals surface area contributed by atoms with E-state index in [0.29, 0.717) is 44.9 Å². The number of aliphatic hydroxyl groups is 19. The van der Waals surface area contributed by atoms with Crippen LogP contribution < -0.4 is 0 Å². The van der Waals surface area contributed by atoms with E-state index in [1.165, 1.54) is 6.92 Å². The predicted octanol–water partition coefficient (Wildman–Crippen LogP) is -6.01. The average molecular weight is 1470 g/mol. The number of carbonyl (C=O) groups excluding carboxylic acids is 1. The minimum Gasteiger partial charge on any atom is -0.432 e. The Labute approximate surface area is 589 Å². The topological polar surface area (TPSA) is 531 Å². The largest absolute Gasteiger partial charge is 0.432 e. The number of aliphatic hydroxyl groups excluding tert-OH is 19. The summed E-state index contributed by atoms with van der Waals surface area (Å²) in [6.07, 6.45) is -47.1. The lowest BCUT2D eigenvalue weighted by Crippen LogP contribution is -2.68. The molecule has 0 aromatic rings. The molecule has 7 saturated heterocycles. The highest BCUT2D eigenvalue weighted by Crippen LogP contribution is 2.76. The molecule has 12 rings (SSSR count). The van der Waals surface area contributed by atoms with Crippen LogP contribution in [0.2, 0.25) is 0 Å². The van der Waals surface area contributed by atoms with E-state index in [1.807, 2.05) is 0 Å². The van der Waals surface area contributed by atoms with Crippen molar-refractivity contribution >= 4 is 5.97 Å². The van der Waals surface area contributed by atoms with Gasteiger partial charge in [-0.1, -0.05) is 60.1 Å². The van der Waals surface area contributed by atoms with E-state index in [2.05, 4.69) is 54.5 Å². The minimum absolute atomic E-state index is 0.00810. The maximum Gasteiger partial charge on any atom is 0.317 e. The van der Waals surface area contributed by atoms with Crippen LogP contribution in [0, 0.1) is 50.2 Å². The van der Waals surface area contributed by atoms with Crippen LogP contribution in [0.3, 0.4) is 0 Å². The van der Waals surface area contributed by atoms with Gasteiger partial charge in [0.15, 0.2) is 37.7 Å². The highest BCUT2D eigenvalue weighted by Gasteiger charge is 2.72. The van der Waals surface area contributed by atoms with Gasteiger partial charge >= 0.3 is 5.97 Å². The van der Waals surface area contributed by atoms with Crippen molar-refractivity contribution in [1.29, 1.82) is 0 Å². The molecule has 0 amide bonds. The summed E-state index contributed by atoms with van der Waals surface area (Å²) in [5.74, 6) is -1.52. The zero-order valence-corrected chi connectivity index (χ0v) is 58.6. The van der Waals surface area contributed by atoms with Crippen LogP contribution >= 0.6 is 0 Å². The molecule has 102 heavy (non-hydrogen) atoms. The summed E-state index contributed by atoms with van der Waals surface area (Å²) >= 11 is 0. The number of fused-ring (bicyclic) bond motifs is 7. The summed E-state index contributed by atoms with van der Waals surface area (Å²) in [6, 6.07) is 0. The molecule has 7 aliphatic heterocycles. The van der Waals surface area contributed by atoms with Gasteiger partial charge in [-0.3, -0.25) is 4.79 Å². The first-order valence-electron chi connectivity index (χ1n) is 35.9. The molecule has 7 heterocycles. The van der Waals surface area contributed by atoms with E-state index in [1.54, 1.807) is 0 Å². The van der Waals surface area contributed by atoms with Gasteiger partial charge in [0, 0.05) is 0 Å². The summed E-state index contributed by atoms with van der Waals surface area (Å²) in [5, 5.41) is 209. The van der Waals surface area contributed by atoms with E-state index >= 15 is 4.79 Å². The van der Waals surface area contributed by atoms with E-state index < -0.39 is 276 Å². The molecule has 19 N–H and O–H groups in total. The molecule has 0 aromatic carbocycles. The van der Waals surface area contributed by atoms with Crippen LogP contribution in [0.1, 0.15) is 113 Å². The highest BCUT2D eigenvalue weighted by atomic mass is 16.8. The fraction of sp³-hybridized carbons (Fsp3) is 0.956. The summed E-state index contributed by atoms with van der Waals surface area (Å²) < 4.78 is 82.8. The average Bonchev–Trinajstić information content (AvgIpc) is 0.671. The third-order valence-electron chi connectivity index (χ3n) is 26.1. The summed E-state index contributed by atoms with van der Waals surface area (Å²) in [6.45, 7) is 13.4. The number of rotatable bonds is 16. The van der Waals surface area contributed by atoms with Crippen molar-refractivity contribution in [2.75, 3.05) is 39.6 Å². The fourth-order valence-corrected chi connectivity index (χ4v) is 19.7. The second kappa shape index (κ2) is 30.0. The Kier molecular flexibility index (Phi) is 23.4. The number of esters is 1. The normalized spacial score (nSPS) is 54.8. The standard InChI is InChI=1S/C68H110O34/c1-25-38(74)44(80)54(101-57-48(84)41(77)30(71)21-91-57)61(95-25)94-23-32-42(78)43(79)49(85)59(96-32)98-37-12-13-65(6)34(64(37,4)5)11-14-66(7)35(65)10-9-26-27-17-63(2,3)15-16-68(27,36(73)18-67(26,66)8)62(88)102-60-50(86)45(81)53(33(97-60)24-93-55-46(82)39(75)28(69)19-89-55)100-58-51(87)52(31(72)22-92-58)99-56-47(83)40(76)29(70)20-90-56/h9,25,27-61,69-87H,10-24H2,1-8H3. The maximum absolute atomic E-state index is 15.7. The Balaban J connectivity index is 0.747. The first-order chi connectivity index (χ1) is 47.8. The second-order valence-electron chi connectivity index (χ2n) is 33.1. The van der Waals surface area contributed by atoms with Crippen molar-refractivity contribution in [1.82, 2.24) is 0 Å². The number of allylic oxidation sites excluding steroid dienone is 2. The monoisotopic (exact) mass is 1470 g/mol. The van der Waals surface area contributed by atoms with Crippen LogP contribution in [0.5, 0.6) is 0 Å². The molecule has 12 aliphatic rings. The van der Waals surface area contributed by atoms with E-state index in [4.69, 9.17) is 66.3 Å². The van der Waals surface area contributed by atoms with E-state index in [0.717, 1.165) is 5.57 Å². The molecule has 34 nitrogen and oxygen atoms in total. The Morgan fingerprint density at radius 1 is 0.451 bits per heavy atom. The van der Waals surface area contributed by atoms with Crippen molar-refractivity contribution < 1.29 is 168 Å². The SMILES string of the molecule is CC1OC(OCC2OC(OC3CCC4(C)C(CCC5(C)C4CC=C4C6CC(C)(C)CCC6(C(=O)OC6OC(COC7OCC(O)C(O)C7O)C(OC7OCC(O)C(OC8OCC(O)C(O)C8O)C7O)C(O)C6O)C(O)CC45C)C3(C)C)C(O)C(O)C2O)C(OC2OCC(O)C(O)C2O)C(O)C1O. The number of ether oxygens (including phenoxy) is 14. The van der Waals surface area contributed by atoms with Gasteiger partial charge in [0.1, 0.15) is 146 Å². The van der Waals surface area contributed by atoms with Crippen LogP contribution in [0.25, 0.3) is 0 Å². The highest BCUT2D eigenvalue weighted by molar-refractivity contribution is 5.80. The maximum atomic E-state index is 15.7. The molecule has 0 aromatic heterocycles. The summed E-state index contributed by atoms with van der Waals surface area (Å²) in [7, 11) is 0. The Morgan fingerprint density at radius 3 is 1.59 bits per heavy atom. The Bertz CT molecular complexity index is 2900. The number of carbonyl (C=O) groups is 1. The molecule has 586 valence electrons. The molecule has 4 saturated carbocycles. The van der Waals surface area contributed by atoms with Crippen molar-refractivity contribution in [3.63, 3.8) is 0 Å². The van der Waals surface area contributed by atoms with Crippen LogP contribution in [0.15, 0.2) is 11.6 Å². The van der Waals surface area contributed by atoms with Gasteiger partial charge in [0.25, 0.3) is 0 Å². The van der Waals surface area contributed by atoms with Gasteiger partial charge in [-0.25, -0.2) is 0 Å². The smallest absolute Gasteiger partial charge is 0.317 e. The summed E-state index contributed by atoms with van der Waals surface area (Å²) in [4.78, 5) is 15.7. The Hall–Kier alpha value is -2.07. The zero-order chi connectivity index (χ0) is 74.2. The molecule has 40 unspecified atom stereocenters. The molecular weight excluding hydrogens is 1360 g/mol. The molecular formula is C68H110O34. The second-order valence-corrected chi connectivity index (χ2v) is 33.1. The molecule has 0 spiro atoms. The van der Waals surface area contributed by atoms with E-state index in [-0.39, 0.29) is 35.5 Å². The minimum atomic E-state index is -2.11. The molecule has 0 bridgehead atoms. The Morgan fingerprint density at radius 2 is 0.961 bits per heavy atom. The van der Waals surface area contributed by atoms with Crippen LogP contribution in [-0.4, -0.2) is 345 Å². The fourth-order valence-electron chi connectivity index (χ4n) is 19.7. The van der Waals surface area contributed by atoms with Gasteiger partial charge in [-0.2, -0.15) is 0 Å². The van der Waals surface area contributed by atoms with Gasteiger partial charge in [0.05, 0.1) is 58.0 Å². The summed E-state index contributed by atoms with van der Waals surface area (Å²) in [5.41, 5.74) is -3.16. The third-order valence-corrected chi connectivity index (χ3v) is 26.1. The van der Waals surface area contributed by atoms with Crippen molar-refractivity contribution in [3.05, 3.63) is 11.6 Å². The molecule has 11 fully saturated rings. The van der Waals surface area contributed by atoms with Crippen LogP contribution in [0.4, 0.5) is 0 Å². The number of hydrogen-bond acceptors (Lipinski definition) is 34. The zero-order valence-electron chi connectivity index (χ0n) is 58.6. The quantitative estimate of drug-likeness (QED) is 0.0389. The molecule has 5 aliphatic carbocycles. The van der Waals surface area contributed by atoms with Gasteiger partial charge in [0.2, 0.25) is 6.29 Å². The van der Waals surface area contributed by atoms with E-state index in [9.17, 15) is 97.0 Å². The van der Waals surface area contributed by atoms with Gasteiger partial charge in [-0.15, -0.1) is 0 Å². The number of hydrogen-bond donors (Lipinski definition) is 19. The first-order valence-corrected chi connectivity index (χ1v) is 35.9. The van der Waals surface area contributed by atoms with Gasteiger partial charge in [-0.05, 0) is 110 Å². The van der Waals surface area contributed by atoms with Gasteiger partial charge < -0.3 is 163 Å². The third kappa shape index (κ3) is 13.9. The lowest BCUT2D eigenvalue weighted by Gasteiger charge is -2.71. The molecule has 0 radical (unpaired) electrons. The van der Waals surface area contributed by atoms with Crippen molar-refractivity contribution in [3.8, 4) is 0 Å². The lowest BCUT2D eigenvalue weighted by atomic mass is 9.33. The lowest BCUT2D eigenvalue weighted by molar-refractivity contribution is -0.366.